The summed E-state index contributed by atoms with van der Waals surface area (Å²) < 4.78 is 32.6. The number of esters is 1. The highest BCUT2D eigenvalue weighted by molar-refractivity contribution is 7.89. The van der Waals surface area contributed by atoms with Crippen LogP contribution >= 0.6 is 0 Å². The van der Waals surface area contributed by atoms with Crippen LogP contribution in [-0.4, -0.2) is 37.6 Å². The van der Waals surface area contributed by atoms with Crippen LogP contribution in [-0.2, 0) is 10.0 Å². The monoisotopic (exact) mass is 401 g/mol. The Balaban J connectivity index is 1.78. The van der Waals surface area contributed by atoms with Crippen molar-refractivity contribution < 1.29 is 22.7 Å². The summed E-state index contributed by atoms with van der Waals surface area (Å²) in [6, 6.07) is 12.1. The maximum atomic E-state index is 12.9. The summed E-state index contributed by atoms with van der Waals surface area (Å²) in [7, 11) is -3.64. The summed E-state index contributed by atoms with van der Waals surface area (Å²) in [5.74, 6) is -0.441. The Kier molecular flexibility index (Phi) is 6.26. The Morgan fingerprint density at radius 3 is 2.14 bits per heavy atom. The molecule has 3 rings (SSSR count). The summed E-state index contributed by atoms with van der Waals surface area (Å²) in [5, 5.41) is 0. The molecule has 0 aromatic heterocycles. The van der Waals surface area contributed by atoms with Crippen LogP contribution in [0.15, 0.2) is 53.4 Å². The molecule has 0 unspecified atom stereocenters. The highest BCUT2D eigenvalue weighted by atomic mass is 32.2. The third kappa shape index (κ3) is 4.66. The fourth-order valence-corrected chi connectivity index (χ4v) is 4.70. The van der Waals surface area contributed by atoms with Crippen molar-refractivity contribution >= 4 is 21.8 Å². The topological polar surface area (TPSA) is 80.8 Å². The number of Topliss-reactive ketones (excluding diaryl/α,β-unsaturated/α-hetero) is 1. The molecular weight excluding hydrogens is 378 g/mol. The second-order valence-corrected chi connectivity index (χ2v) is 8.75. The number of carbonyl (C=O) groups is 2. The van der Waals surface area contributed by atoms with Crippen molar-refractivity contribution in [2.45, 2.75) is 37.5 Å². The lowest BCUT2D eigenvalue weighted by molar-refractivity contribution is 0.0734. The van der Waals surface area contributed by atoms with Gasteiger partial charge in [0.2, 0.25) is 10.0 Å². The van der Waals surface area contributed by atoms with E-state index in [1.807, 2.05) is 0 Å². The molecule has 0 N–H and O–H groups in total. The molecule has 0 amide bonds. The van der Waals surface area contributed by atoms with E-state index in [1.54, 1.807) is 18.2 Å². The van der Waals surface area contributed by atoms with E-state index in [9.17, 15) is 18.0 Å². The van der Waals surface area contributed by atoms with Gasteiger partial charge in [0.1, 0.15) is 5.75 Å². The van der Waals surface area contributed by atoms with Crippen LogP contribution in [0.5, 0.6) is 5.75 Å². The van der Waals surface area contributed by atoms with Crippen molar-refractivity contribution in [3.63, 3.8) is 0 Å². The molecule has 2 aromatic carbocycles. The summed E-state index contributed by atoms with van der Waals surface area (Å²) in [6.45, 7) is 2.45. The van der Waals surface area contributed by atoms with Crippen LogP contribution < -0.4 is 4.74 Å². The van der Waals surface area contributed by atoms with Crippen LogP contribution in [0, 0.1) is 0 Å². The third-order valence-electron chi connectivity index (χ3n) is 4.74. The van der Waals surface area contributed by atoms with E-state index in [-0.39, 0.29) is 22.0 Å². The minimum Gasteiger partial charge on any atom is -0.423 e. The van der Waals surface area contributed by atoms with Crippen LogP contribution in [0.4, 0.5) is 0 Å². The standard InChI is InChI=1S/C21H23NO5S/c1-16(23)17-9-11-19(12-10-17)27-21(24)18-7-6-8-20(15-18)28(25,26)22-13-4-2-3-5-14-22/h6-12,15H,2-5,13-14H2,1H3. The fourth-order valence-electron chi connectivity index (χ4n) is 3.14. The summed E-state index contributed by atoms with van der Waals surface area (Å²) in [5.41, 5.74) is 0.678. The molecule has 0 aliphatic carbocycles. The van der Waals surface area contributed by atoms with Crippen LogP contribution in [0.2, 0.25) is 0 Å². The Morgan fingerprint density at radius 2 is 1.54 bits per heavy atom. The average molecular weight is 401 g/mol. The van der Waals surface area contributed by atoms with Crippen molar-refractivity contribution in [3.05, 3.63) is 59.7 Å². The molecule has 148 valence electrons. The summed E-state index contributed by atoms with van der Waals surface area (Å²) in [4.78, 5) is 23.9. The van der Waals surface area contributed by atoms with E-state index in [4.69, 9.17) is 4.74 Å². The number of rotatable bonds is 5. The van der Waals surface area contributed by atoms with Crippen molar-refractivity contribution in [1.29, 1.82) is 0 Å². The zero-order valence-corrected chi connectivity index (χ0v) is 16.6. The Hall–Kier alpha value is -2.51. The first-order chi connectivity index (χ1) is 13.4. The van der Waals surface area contributed by atoms with Crippen molar-refractivity contribution in [3.8, 4) is 5.75 Å². The van der Waals surface area contributed by atoms with Gasteiger partial charge in [0.25, 0.3) is 0 Å². The van der Waals surface area contributed by atoms with Gasteiger partial charge in [-0.2, -0.15) is 4.31 Å². The highest BCUT2D eigenvalue weighted by Gasteiger charge is 2.26. The van der Waals surface area contributed by atoms with Gasteiger partial charge in [-0.1, -0.05) is 18.9 Å². The molecule has 1 saturated heterocycles. The van der Waals surface area contributed by atoms with Crippen molar-refractivity contribution in [2.75, 3.05) is 13.1 Å². The number of hydrogen-bond donors (Lipinski definition) is 0. The van der Waals surface area contributed by atoms with Gasteiger partial charge >= 0.3 is 5.97 Å². The largest absolute Gasteiger partial charge is 0.423 e. The SMILES string of the molecule is CC(=O)c1ccc(OC(=O)c2cccc(S(=O)(=O)N3CCCCCC3)c2)cc1. The molecule has 1 aliphatic rings. The summed E-state index contributed by atoms with van der Waals surface area (Å²) >= 11 is 0. The van der Waals surface area contributed by atoms with Crippen molar-refractivity contribution in [2.24, 2.45) is 0 Å². The van der Waals surface area contributed by atoms with Gasteiger partial charge in [-0.05, 0) is 62.2 Å². The quantitative estimate of drug-likeness (QED) is 0.434. The average Bonchev–Trinajstić information content (AvgIpc) is 2.98. The fraction of sp³-hybridized carbons (Fsp3) is 0.333. The lowest BCUT2D eigenvalue weighted by Gasteiger charge is -2.20. The van der Waals surface area contributed by atoms with Gasteiger partial charge in [-0.25, -0.2) is 13.2 Å². The van der Waals surface area contributed by atoms with E-state index < -0.39 is 16.0 Å². The van der Waals surface area contributed by atoms with Gasteiger partial charge in [0.05, 0.1) is 10.5 Å². The maximum Gasteiger partial charge on any atom is 0.343 e. The van der Waals surface area contributed by atoms with Crippen LogP contribution in [0.1, 0.15) is 53.3 Å². The molecule has 1 fully saturated rings. The maximum absolute atomic E-state index is 12.9. The van der Waals surface area contributed by atoms with Gasteiger partial charge in [-0.3, -0.25) is 4.79 Å². The first-order valence-electron chi connectivity index (χ1n) is 9.31. The van der Waals surface area contributed by atoms with Gasteiger partial charge < -0.3 is 4.74 Å². The number of hydrogen-bond acceptors (Lipinski definition) is 5. The summed E-state index contributed by atoms with van der Waals surface area (Å²) in [6.07, 6.45) is 3.75. The zero-order chi connectivity index (χ0) is 20.1. The number of benzene rings is 2. The lowest BCUT2D eigenvalue weighted by Crippen LogP contribution is -2.32. The highest BCUT2D eigenvalue weighted by Crippen LogP contribution is 2.22. The lowest BCUT2D eigenvalue weighted by atomic mass is 10.1. The normalized spacial score (nSPS) is 15.6. The first-order valence-corrected chi connectivity index (χ1v) is 10.8. The molecule has 0 atom stereocenters. The molecule has 7 heteroatoms. The predicted molar refractivity (Wildman–Crippen MR) is 105 cm³/mol. The van der Waals surface area contributed by atoms with Gasteiger partial charge in [0.15, 0.2) is 5.78 Å². The van der Waals surface area contributed by atoms with E-state index in [1.165, 1.54) is 41.6 Å². The minimum atomic E-state index is -3.64. The number of sulfonamides is 1. The van der Waals surface area contributed by atoms with Crippen LogP contribution in [0.25, 0.3) is 0 Å². The third-order valence-corrected chi connectivity index (χ3v) is 6.64. The molecule has 0 spiro atoms. The number of ketones is 1. The number of nitrogens with zero attached hydrogens (tertiary/aromatic N) is 1. The Bertz CT molecular complexity index is 959. The molecule has 0 radical (unpaired) electrons. The molecular formula is C21H23NO5S. The Morgan fingerprint density at radius 1 is 0.893 bits per heavy atom. The smallest absolute Gasteiger partial charge is 0.343 e. The number of ether oxygens (including phenoxy) is 1. The van der Waals surface area contributed by atoms with Crippen molar-refractivity contribution in [1.82, 2.24) is 4.31 Å². The molecule has 2 aromatic rings. The van der Waals surface area contributed by atoms with E-state index in [0.717, 1.165) is 25.7 Å². The second-order valence-electron chi connectivity index (χ2n) is 6.82. The van der Waals surface area contributed by atoms with Gasteiger partial charge in [0, 0.05) is 18.7 Å². The van der Waals surface area contributed by atoms with Gasteiger partial charge in [-0.15, -0.1) is 0 Å². The molecule has 0 saturated carbocycles. The van der Waals surface area contributed by atoms with Crippen LogP contribution in [0.3, 0.4) is 0 Å². The number of carbonyl (C=O) groups excluding carboxylic acids is 2. The minimum absolute atomic E-state index is 0.0794. The Labute approximate surface area is 165 Å². The zero-order valence-electron chi connectivity index (χ0n) is 15.8. The molecule has 28 heavy (non-hydrogen) atoms. The van der Waals surface area contributed by atoms with E-state index in [2.05, 4.69) is 0 Å². The molecule has 1 aliphatic heterocycles. The molecule has 1 heterocycles. The molecule has 6 nitrogen and oxygen atoms in total. The second kappa shape index (κ2) is 8.67. The predicted octanol–water partition coefficient (Wildman–Crippen LogP) is 3.67. The first kappa shape index (κ1) is 20.2. The van der Waals surface area contributed by atoms with E-state index >= 15 is 0 Å². The molecule has 0 bridgehead atoms. The van der Waals surface area contributed by atoms with E-state index in [0.29, 0.717) is 18.7 Å².